The smallest absolute Gasteiger partial charge is 0.209 e. The van der Waals surface area contributed by atoms with Gasteiger partial charge in [0.05, 0.1) is 12.3 Å². The van der Waals surface area contributed by atoms with E-state index in [1.165, 1.54) is 32.1 Å². The molecule has 2 aliphatic rings. The molecule has 0 aromatic carbocycles. The van der Waals surface area contributed by atoms with E-state index in [0.717, 1.165) is 4.90 Å². The Hall–Kier alpha value is -0.780. The van der Waals surface area contributed by atoms with Crippen LogP contribution in [0.2, 0.25) is 0 Å². The van der Waals surface area contributed by atoms with Crippen LogP contribution < -0.4 is 17.3 Å². The fourth-order valence-electron chi connectivity index (χ4n) is 3.03. The normalized spacial score (nSPS) is 28.8. The summed E-state index contributed by atoms with van der Waals surface area (Å²) in [5, 5.41) is 11.9. The first-order valence-electron chi connectivity index (χ1n) is 7.27. The summed E-state index contributed by atoms with van der Waals surface area (Å²) in [5.41, 5.74) is 0. The standard InChI is InChI=1S/C14H25N3O2.ClH/c1-12(13-6-4-3-5-7-13)19-11-17-9-8-16(2)14(17)10-15-18;/h8-10,12-14,18H,3-7,11H2,1-2H3;1H/b15-10-;. The van der Waals surface area contributed by atoms with E-state index in [1.54, 1.807) is 6.21 Å². The fraction of sp³-hybridized carbons (Fsp3) is 0.786. The highest BCUT2D eigenvalue weighted by atomic mass is 35.5. The second-order valence-electron chi connectivity index (χ2n) is 5.68. The van der Waals surface area contributed by atoms with Gasteiger partial charge in [0.2, 0.25) is 6.17 Å². The van der Waals surface area contributed by atoms with Gasteiger partial charge in [-0.2, -0.15) is 0 Å². The maximum absolute atomic E-state index is 8.70. The van der Waals surface area contributed by atoms with Crippen LogP contribution in [0.4, 0.5) is 0 Å². The molecule has 2 rings (SSSR count). The van der Waals surface area contributed by atoms with E-state index < -0.39 is 0 Å². The molecular formula is C14H26ClN3O2. The summed E-state index contributed by atoms with van der Waals surface area (Å²) in [6.45, 7) is 2.81. The van der Waals surface area contributed by atoms with E-state index >= 15 is 0 Å². The van der Waals surface area contributed by atoms with Crippen LogP contribution in [0.3, 0.4) is 0 Å². The first kappa shape index (κ1) is 17.3. The summed E-state index contributed by atoms with van der Waals surface area (Å²) in [7, 11) is 1.97. The molecule has 1 fully saturated rings. The van der Waals surface area contributed by atoms with E-state index in [4.69, 9.17) is 9.94 Å². The molecule has 5 nitrogen and oxygen atoms in total. The Morgan fingerprint density at radius 3 is 2.80 bits per heavy atom. The molecule has 1 aliphatic carbocycles. The molecule has 3 atom stereocenters. The lowest BCUT2D eigenvalue weighted by atomic mass is 9.86. The van der Waals surface area contributed by atoms with Crippen molar-refractivity contribution >= 4 is 6.21 Å². The van der Waals surface area contributed by atoms with Crippen LogP contribution in [0, 0.1) is 5.92 Å². The van der Waals surface area contributed by atoms with Crippen LogP contribution in [0.5, 0.6) is 0 Å². The highest BCUT2D eigenvalue weighted by Gasteiger charge is 2.29. The third-order valence-electron chi connectivity index (χ3n) is 4.38. The largest absolute Gasteiger partial charge is 1.00 e. The predicted molar refractivity (Wildman–Crippen MR) is 73.9 cm³/mol. The Bertz CT molecular complexity index is 332. The molecular weight excluding hydrogens is 278 g/mol. The van der Waals surface area contributed by atoms with Crippen LogP contribution in [0.1, 0.15) is 39.0 Å². The monoisotopic (exact) mass is 303 g/mol. The van der Waals surface area contributed by atoms with Crippen molar-refractivity contribution in [2.45, 2.75) is 51.3 Å². The summed E-state index contributed by atoms with van der Waals surface area (Å²) < 4.78 is 6.03. The van der Waals surface area contributed by atoms with Gasteiger partial charge in [-0.25, -0.2) is 0 Å². The molecule has 116 valence electrons. The number of hydrogen-bond acceptors (Lipinski definition) is 4. The molecule has 0 aromatic heterocycles. The number of ether oxygens (including phenoxy) is 1. The minimum Gasteiger partial charge on any atom is -1.00 e. The third-order valence-corrected chi connectivity index (χ3v) is 4.38. The summed E-state index contributed by atoms with van der Waals surface area (Å²) in [5.74, 6) is 0.711. The first-order chi connectivity index (χ1) is 9.22. The zero-order valence-electron chi connectivity index (χ0n) is 12.3. The Morgan fingerprint density at radius 1 is 1.45 bits per heavy atom. The molecule has 3 unspecified atom stereocenters. The predicted octanol–water partition coefficient (Wildman–Crippen LogP) is -1.98. The highest BCUT2D eigenvalue weighted by Crippen LogP contribution is 2.27. The van der Waals surface area contributed by atoms with Crippen LogP contribution in [0.15, 0.2) is 17.6 Å². The van der Waals surface area contributed by atoms with E-state index in [0.29, 0.717) is 18.8 Å². The molecule has 6 heteroatoms. The number of oxime groups is 1. The van der Waals surface area contributed by atoms with Crippen molar-refractivity contribution in [3.63, 3.8) is 0 Å². The van der Waals surface area contributed by atoms with Gasteiger partial charge in [0.15, 0.2) is 6.73 Å². The third kappa shape index (κ3) is 4.36. The van der Waals surface area contributed by atoms with Gasteiger partial charge in [0.1, 0.15) is 12.4 Å². The maximum Gasteiger partial charge on any atom is 0.209 e. The minimum atomic E-state index is 0. The number of quaternary nitrogens is 1. The van der Waals surface area contributed by atoms with Gasteiger partial charge < -0.3 is 27.3 Å². The van der Waals surface area contributed by atoms with Gasteiger partial charge in [-0.3, -0.25) is 4.90 Å². The van der Waals surface area contributed by atoms with Crippen LogP contribution in [0.25, 0.3) is 0 Å². The highest BCUT2D eigenvalue weighted by molar-refractivity contribution is 5.61. The number of nitrogens with zero attached hydrogens (tertiary/aromatic N) is 2. The van der Waals surface area contributed by atoms with E-state index in [1.807, 2.05) is 18.1 Å². The molecule has 1 heterocycles. The van der Waals surface area contributed by atoms with Crippen molar-refractivity contribution < 1.29 is 27.3 Å². The maximum atomic E-state index is 8.70. The van der Waals surface area contributed by atoms with Crippen molar-refractivity contribution in [2.24, 2.45) is 11.1 Å². The Labute approximate surface area is 127 Å². The van der Waals surface area contributed by atoms with Crippen molar-refractivity contribution in [3.05, 3.63) is 12.4 Å². The van der Waals surface area contributed by atoms with Gasteiger partial charge in [0, 0.05) is 7.05 Å². The molecule has 0 spiro atoms. The Balaban J connectivity index is 0.00000200. The fourth-order valence-corrected chi connectivity index (χ4v) is 3.03. The zero-order chi connectivity index (χ0) is 13.7. The topological polar surface area (TPSA) is 49.5 Å². The van der Waals surface area contributed by atoms with Gasteiger partial charge in [0.25, 0.3) is 0 Å². The second kappa shape index (κ2) is 8.49. The average molecular weight is 304 g/mol. The number of halogens is 1. The summed E-state index contributed by atoms with van der Waals surface area (Å²) in [4.78, 5) is 3.17. The molecule has 0 amide bonds. The van der Waals surface area contributed by atoms with Crippen LogP contribution in [-0.2, 0) is 4.74 Å². The second-order valence-corrected chi connectivity index (χ2v) is 5.68. The van der Waals surface area contributed by atoms with Gasteiger partial charge in [-0.05, 0) is 25.7 Å². The van der Waals surface area contributed by atoms with E-state index in [9.17, 15) is 0 Å². The lowest BCUT2D eigenvalue weighted by molar-refractivity contribution is -0.886. The lowest BCUT2D eigenvalue weighted by Gasteiger charge is -2.29. The van der Waals surface area contributed by atoms with Crippen molar-refractivity contribution in [3.8, 4) is 0 Å². The lowest BCUT2D eigenvalue weighted by Crippen LogP contribution is -3.12. The summed E-state index contributed by atoms with van der Waals surface area (Å²) >= 11 is 0. The van der Waals surface area contributed by atoms with Crippen LogP contribution >= 0.6 is 0 Å². The number of hydrogen-bond donors (Lipinski definition) is 2. The van der Waals surface area contributed by atoms with Crippen molar-refractivity contribution in [1.82, 2.24) is 4.90 Å². The molecule has 0 radical (unpaired) electrons. The molecule has 0 bridgehead atoms. The Kier molecular flexibility index (Phi) is 7.34. The molecule has 0 saturated heterocycles. The zero-order valence-corrected chi connectivity index (χ0v) is 13.1. The molecule has 1 aliphatic heterocycles. The first-order valence-corrected chi connectivity index (χ1v) is 7.27. The van der Waals surface area contributed by atoms with E-state index in [2.05, 4.69) is 18.3 Å². The molecule has 2 N–H and O–H groups in total. The SMILES string of the molecule is CC(OC[NH+]1C=CN(C)C1/C=N\O)C1CCCCC1.[Cl-]. The summed E-state index contributed by atoms with van der Waals surface area (Å²) in [6.07, 6.45) is 12.6. The molecule has 20 heavy (non-hydrogen) atoms. The number of nitrogens with one attached hydrogen (secondary N) is 1. The van der Waals surface area contributed by atoms with Gasteiger partial charge in [-0.15, -0.1) is 0 Å². The van der Waals surface area contributed by atoms with Crippen molar-refractivity contribution in [2.75, 3.05) is 13.8 Å². The average Bonchev–Trinajstić information content (AvgIpc) is 2.79. The van der Waals surface area contributed by atoms with Crippen molar-refractivity contribution in [1.29, 1.82) is 0 Å². The molecule has 0 aromatic rings. The Morgan fingerprint density at radius 2 is 2.15 bits per heavy atom. The molecule has 1 saturated carbocycles. The van der Waals surface area contributed by atoms with Crippen LogP contribution in [-0.4, -0.2) is 42.4 Å². The van der Waals surface area contributed by atoms with Gasteiger partial charge in [-0.1, -0.05) is 24.4 Å². The van der Waals surface area contributed by atoms with Gasteiger partial charge >= 0.3 is 0 Å². The quantitative estimate of drug-likeness (QED) is 0.352. The minimum absolute atomic E-state index is 0. The summed E-state index contributed by atoms with van der Waals surface area (Å²) in [6, 6.07) is 0. The van der Waals surface area contributed by atoms with E-state index in [-0.39, 0.29) is 18.6 Å². The number of rotatable bonds is 5.